The molecule has 2 unspecified atom stereocenters. The smallest absolute Gasteiger partial charge is 0.406 e. The summed E-state index contributed by atoms with van der Waals surface area (Å²) in [5.41, 5.74) is 0.210. The fraction of sp³-hybridized carbons (Fsp3) is 0.609. The first-order valence-corrected chi connectivity index (χ1v) is 12.5. The van der Waals surface area contributed by atoms with Crippen LogP contribution in [0.25, 0.3) is 0 Å². The van der Waals surface area contributed by atoms with Gasteiger partial charge in [-0.3, -0.25) is 9.59 Å². The van der Waals surface area contributed by atoms with Crippen molar-refractivity contribution in [2.45, 2.75) is 44.8 Å². The second-order valence-electron chi connectivity index (χ2n) is 8.74. The average Bonchev–Trinajstić information content (AvgIpc) is 3.34. The minimum Gasteiger partial charge on any atom is -0.462 e. The van der Waals surface area contributed by atoms with Gasteiger partial charge in [0.2, 0.25) is 0 Å². The van der Waals surface area contributed by atoms with Gasteiger partial charge in [0.05, 0.1) is 11.5 Å². The highest BCUT2D eigenvalue weighted by molar-refractivity contribution is 7.12. The zero-order chi connectivity index (χ0) is 24.5. The normalized spacial score (nSPS) is 23.8. The third-order valence-corrected chi connectivity index (χ3v) is 7.54. The number of carbonyl (C=O) groups is 3. The van der Waals surface area contributed by atoms with Crippen LogP contribution in [0.3, 0.4) is 0 Å². The maximum absolute atomic E-state index is 13.4. The van der Waals surface area contributed by atoms with E-state index in [1.54, 1.807) is 17.9 Å². The van der Waals surface area contributed by atoms with Gasteiger partial charge >= 0.3 is 12.1 Å². The van der Waals surface area contributed by atoms with Gasteiger partial charge in [-0.1, -0.05) is 18.9 Å². The highest BCUT2D eigenvalue weighted by atomic mass is 32.1. The average molecular weight is 500 g/mol. The number of amides is 2. The van der Waals surface area contributed by atoms with Crippen LogP contribution in [0, 0.1) is 5.92 Å². The molecule has 11 heteroatoms. The fourth-order valence-electron chi connectivity index (χ4n) is 5.27. The molecule has 2 aliphatic heterocycles. The number of alkyl halides is 3. The second-order valence-corrected chi connectivity index (χ2v) is 9.69. The molecule has 1 aromatic rings. The molecule has 1 saturated carbocycles. The van der Waals surface area contributed by atoms with Crippen LogP contribution in [0.1, 0.15) is 42.3 Å². The summed E-state index contributed by atoms with van der Waals surface area (Å²) < 4.78 is 45.2. The molecule has 2 atom stereocenters. The van der Waals surface area contributed by atoms with Gasteiger partial charge in [-0.2, -0.15) is 13.2 Å². The van der Waals surface area contributed by atoms with Gasteiger partial charge in [-0.15, -0.1) is 11.3 Å². The van der Waals surface area contributed by atoms with Crippen LogP contribution >= 0.6 is 11.3 Å². The molecule has 34 heavy (non-hydrogen) atoms. The van der Waals surface area contributed by atoms with Crippen molar-refractivity contribution in [3.8, 4) is 0 Å². The van der Waals surface area contributed by atoms with Gasteiger partial charge in [0.15, 0.2) is 0 Å². The number of esters is 1. The Bertz CT molecular complexity index is 955. The summed E-state index contributed by atoms with van der Waals surface area (Å²) in [6.45, 7) is 1.81. The molecule has 186 valence electrons. The molecule has 1 aliphatic carbocycles. The van der Waals surface area contributed by atoms with Crippen molar-refractivity contribution < 1.29 is 32.3 Å². The molecule has 0 bridgehead atoms. The maximum atomic E-state index is 13.4. The van der Waals surface area contributed by atoms with Crippen molar-refractivity contribution in [1.29, 1.82) is 0 Å². The Morgan fingerprint density at radius 1 is 1.15 bits per heavy atom. The topological polar surface area (TPSA) is 70.2 Å². The lowest BCUT2D eigenvalue weighted by atomic mass is 9.76. The Morgan fingerprint density at radius 3 is 2.47 bits per heavy atom. The number of hydrogen-bond donors (Lipinski definition) is 0. The molecule has 0 spiro atoms. The number of ether oxygens (including phenoxy) is 1. The van der Waals surface area contributed by atoms with Gasteiger partial charge in [0.1, 0.15) is 12.1 Å². The summed E-state index contributed by atoms with van der Waals surface area (Å²) in [5, 5.41) is 1.84. The number of hydrogen-bond acceptors (Lipinski definition) is 6. The van der Waals surface area contributed by atoms with Crippen LogP contribution in [0.4, 0.5) is 13.2 Å². The van der Waals surface area contributed by atoms with Crippen LogP contribution in [-0.4, -0.2) is 84.0 Å². The van der Waals surface area contributed by atoms with E-state index in [2.05, 4.69) is 0 Å². The molecule has 1 saturated heterocycles. The number of piperazine rings is 1. The van der Waals surface area contributed by atoms with Gasteiger partial charge in [0, 0.05) is 43.8 Å². The first-order valence-electron chi connectivity index (χ1n) is 11.6. The number of halogens is 3. The van der Waals surface area contributed by atoms with E-state index in [1.165, 1.54) is 11.3 Å². The van der Waals surface area contributed by atoms with E-state index in [0.717, 1.165) is 17.7 Å². The first kappa shape index (κ1) is 24.6. The van der Waals surface area contributed by atoms with Crippen molar-refractivity contribution in [1.82, 2.24) is 14.7 Å². The highest BCUT2D eigenvalue weighted by Gasteiger charge is 2.50. The molecule has 0 radical (unpaired) electrons. The van der Waals surface area contributed by atoms with Crippen molar-refractivity contribution in [2.75, 3.05) is 39.3 Å². The molecular formula is C23H28F3N3O4S. The van der Waals surface area contributed by atoms with Gasteiger partial charge in [0.25, 0.3) is 11.8 Å². The van der Waals surface area contributed by atoms with Gasteiger partial charge in [-0.25, -0.2) is 4.79 Å². The van der Waals surface area contributed by atoms with Crippen molar-refractivity contribution in [3.05, 3.63) is 33.7 Å². The predicted octanol–water partition coefficient (Wildman–Crippen LogP) is 3.29. The summed E-state index contributed by atoms with van der Waals surface area (Å²) in [4.78, 5) is 44.0. The first-order chi connectivity index (χ1) is 16.2. The Labute approximate surface area is 200 Å². The van der Waals surface area contributed by atoms with Crippen LogP contribution in [-0.2, 0) is 14.3 Å². The largest absolute Gasteiger partial charge is 0.462 e. The Balaban J connectivity index is 1.65. The molecule has 2 amide bonds. The van der Waals surface area contributed by atoms with Crippen LogP contribution < -0.4 is 0 Å². The van der Waals surface area contributed by atoms with Crippen LogP contribution in [0.2, 0.25) is 0 Å². The van der Waals surface area contributed by atoms with E-state index in [4.69, 9.17) is 4.74 Å². The SMILES string of the molecule is CCOC(=O)C1=C(N2CCN(C(=O)c3cccs3)CC2)C2CCCCC2N(CC(F)(F)F)C1=O. The molecule has 3 heterocycles. The van der Waals surface area contributed by atoms with E-state index < -0.39 is 30.6 Å². The summed E-state index contributed by atoms with van der Waals surface area (Å²) in [6.07, 6.45) is -1.97. The molecule has 7 nitrogen and oxygen atoms in total. The zero-order valence-corrected chi connectivity index (χ0v) is 19.8. The molecule has 2 fully saturated rings. The summed E-state index contributed by atoms with van der Waals surface area (Å²) in [5.74, 6) is -2.23. The molecule has 3 aliphatic rings. The molecule has 0 aromatic carbocycles. The predicted molar refractivity (Wildman–Crippen MR) is 119 cm³/mol. The van der Waals surface area contributed by atoms with Crippen LogP contribution in [0.15, 0.2) is 28.8 Å². The third-order valence-electron chi connectivity index (χ3n) is 6.68. The standard InChI is InChI=1S/C23H28F3N3O4S/c1-2-33-22(32)18-19(27-9-11-28(12-10-27)20(30)17-8-5-13-34-17)15-6-3-4-7-16(15)29(21(18)31)14-23(24,25)26/h5,8,13,15-16H,2-4,6-7,9-12,14H2,1H3. The molecule has 1 aromatic heterocycles. The Hall–Kier alpha value is -2.56. The van der Waals surface area contributed by atoms with E-state index >= 15 is 0 Å². The third kappa shape index (κ3) is 4.94. The van der Waals surface area contributed by atoms with Crippen molar-refractivity contribution >= 4 is 29.1 Å². The summed E-state index contributed by atoms with van der Waals surface area (Å²) >= 11 is 1.37. The molecule has 0 N–H and O–H groups in total. The lowest BCUT2D eigenvalue weighted by Gasteiger charge is -2.49. The van der Waals surface area contributed by atoms with Crippen molar-refractivity contribution in [3.63, 3.8) is 0 Å². The van der Waals surface area contributed by atoms with E-state index in [1.807, 2.05) is 16.3 Å². The quantitative estimate of drug-likeness (QED) is 0.460. The lowest BCUT2D eigenvalue weighted by molar-refractivity contribution is -0.170. The second kappa shape index (κ2) is 9.97. The Morgan fingerprint density at radius 2 is 1.85 bits per heavy atom. The highest BCUT2D eigenvalue weighted by Crippen LogP contribution is 2.42. The lowest BCUT2D eigenvalue weighted by Crippen LogP contribution is -2.58. The zero-order valence-electron chi connectivity index (χ0n) is 19.0. The molecule has 4 rings (SSSR count). The van der Waals surface area contributed by atoms with E-state index in [-0.39, 0.29) is 24.0 Å². The Kier molecular flexibility index (Phi) is 7.20. The minimum absolute atomic E-state index is 0.0132. The summed E-state index contributed by atoms with van der Waals surface area (Å²) in [7, 11) is 0. The summed E-state index contributed by atoms with van der Waals surface area (Å²) in [6, 6.07) is 2.97. The number of nitrogens with zero attached hydrogens (tertiary/aromatic N) is 3. The number of carbonyl (C=O) groups excluding carboxylic acids is 3. The number of rotatable bonds is 5. The van der Waals surface area contributed by atoms with E-state index in [0.29, 0.717) is 49.6 Å². The van der Waals surface area contributed by atoms with Gasteiger partial charge < -0.3 is 19.4 Å². The minimum atomic E-state index is -4.57. The monoisotopic (exact) mass is 499 g/mol. The van der Waals surface area contributed by atoms with Crippen molar-refractivity contribution in [2.24, 2.45) is 5.92 Å². The van der Waals surface area contributed by atoms with E-state index in [9.17, 15) is 27.6 Å². The van der Waals surface area contributed by atoms with Crippen LogP contribution in [0.5, 0.6) is 0 Å². The molecular weight excluding hydrogens is 471 g/mol. The maximum Gasteiger partial charge on any atom is 0.406 e. The number of fused-ring (bicyclic) bond motifs is 1. The van der Waals surface area contributed by atoms with Gasteiger partial charge in [-0.05, 0) is 31.2 Å². The fourth-order valence-corrected chi connectivity index (χ4v) is 5.96. The number of thiophene rings is 1.